The minimum Gasteiger partial charge on any atom is -0.493 e. The second-order valence-corrected chi connectivity index (χ2v) is 5.87. The second-order valence-electron chi connectivity index (χ2n) is 3.79. The van der Waals surface area contributed by atoms with E-state index in [1.54, 1.807) is 18.2 Å². The molecular formula is C12H11ClN2O3S2. The summed E-state index contributed by atoms with van der Waals surface area (Å²) in [6.07, 6.45) is 1.65. The van der Waals surface area contributed by atoms with Gasteiger partial charge in [-0.1, -0.05) is 35.6 Å². The van der Waals surface area contributed by atoms with Crippen molar-refractivity contribution in [2.24, 2.45) is 5.84 Å². The summed E-state index contributed by atoms with van der Waals surface area (Å²) in [5.74, 6) is 6.09. The molecule has 0 saturated carbocycles. The molecule has 0 aliphatic carbocycles. The van der Waals surface area contributed by atoms with Gasteiger partial charge in [-0.05, 0) is 23.8 Å². The zero-order chi connectivity index (χ0) is 14.9. The fourth-order valence-corrected chi connectivity index (χ4v) is 3.05. The summed E-state index contributed by atoms with van der Waals surface area (Å²) in [5.41, 5.74) is 0.696. The smallest absolute Gasteiger partial charge is 0.280 e. The van der Waals surface area contributed by atoms with Crippen molar-refractivity contribution in [2.75, 3.05) is 14.2 Å². The lowest BCUT2D eigenvalue weighted by atomic mass is 10.2. The molecule has 1 aromatic carbocycles. The van der Waals surface area contributed by atoms with Gasteiger partial charge in [0, 0.05) is 0 Å². The highest BCUT2D eigenvalue weighted by molar-refractivity contribution is 8.26. The molecule has 1 aliphatic rings. The van der Waals surface area contributed by atoms with Crippen LogP contribution in [0.3, 0.4) is 0 Å². The van der Waals surface area contributed by atoms with Gasteiger partial charge in [-0.3, -0.25) is 4.79 Å². The molecule has 106 valence electrons. The molecule has 1 aromatic rings. The van der Waals surface area contributed by atoms with Crippen LogP contribution in [0.5, 0.6) is 11.5 Å². The summed E-state index contributed by atoms with van der Waals surface area (Å²) in [6, 6.07) is 3.39. The number of rotatable bonds is 3. The lowest BCUT2D eigenvalue weighted by molar-refractivity contribution is -0.122. The van der Waals surface area contributed by atoms with Gasteiger partial charge in [0.1, 0.15) is 0 Å². The van der Waals surface area contributed by atoms with Gasteiger partial charge < -0.3 is 9.47 Å². The van der Waals surface area contributed by atoms with Gasteiger partial charge in [0.15, 0.2) is 15.8 Å². The quantitative estimate of drug-likeness (QED) is 0.397. The normalized spacial score (nSPS) is 17.0. The molecule has 20 heavy (non-hydrogen) atoms. The maximum absolute atomic E-state index is 11.8. The number of carbonyl (C=O) groups is 1. The van der Waals surface area contributed by atoms with E-state index in [-0.39, 0.29) is 5.91 Å². The molecule has 2 N–H and O–H groups in total. The molecule has 1 fully saturated rings. The van der Waals surface area contributed by atoms with Crippen molar-refractivity contribution in [3.63, 3.8) is 0 Å². The molecule has 0 unspecified atom stereocenters. The van der Waals surface area contributed by atoms with Gasteiger partial charge in [0.25, 0.3) is 5.91 Å². The minimum absolute atomic E-state index is 0.313. The van der Waals surface area contributed by atoms with Crippen LogP contribution in [0.4, 0.5) is 0 Å². The highest BCUT2D eigenvalue weighted by Gasteiger charge is 2.29. The van der Waals surface area contributed by atoms with E-state index < -0.39 is 0 Å². The first-order valence-corrected chi connectivity index (χ1v) is 7.02. The Bertz CT molecular complexity index is 619. The van der Waals surface area contributed by atoms with E-state index in [0.717, 1.165) is 16.8 Å². The Morgan fingerprint density at radius 3 is 2.60 bits per heavy atom. The average Bonchev–Trinajstić information content (AvgIpc) is 2.65. The van der Waals surface area contributed by atoms with Crippen LogP contribution in [0.15, 0.2) is 17.0 Å². The zero-order valence-electron chi connectivity index (χ0n) is 10.7. The Balaban J connectivity index is 2.42. The number of benzene rings is 1. The van der Waals surface area contributed by atoms with Crippen molar-refractivity contribution in [3.8, 4) is 11.5 Å². The summed E-state index contributed by atoms with van der Waals surface area (Å²) in [5, 5.41) is 1.33. The van der Waals surface area contributed by atoms with Crippen molar-refractivity contribution < 1.29 is 14.3 Å². The Morgan fingerprint density at radius 1 is 1.40 bits per heavy atom. The monoisotopic (exact) mass is 330 g/mol. The molecule has 0 spiro atoms. The number of ether oxygens (including phenoxy) is 2. The third-order valence-corrected chi connectivity index (χ3v) is 4.19. The summed E-state index contributed by atoms with van der Waals surface area (Å²) in [4.78, 5) is 12.2. The molecule has 0 bridgehead atoms. The topological polar surface area (TPSA) is 64.8 Å². The Kier molecular flexibility index (Phi) is 4.54. The third-order valence-electron chi connectivity index (χ3n) is 2.58. The summed E-state index contributed by atoms with van der Waals surface area (Å²) >= 11 is 12.2. The van der Waals surface area contributed by atoms with E-state index >= 15 is 0 Å². The molecule has 1 aliphatic heterocycles. The number of nitrogens with zero attached hydrogens (tertiary/aromatic N) is 1. The fraction of sp³-hybridized carbons (Fsp3) is 0.167. The van der Waals surface area contributed by atoms with E-state index in [1.165, 1.54) is 14.2 Å². The molecule has 1 amide bonds. The lowest BCUT2D eigenvalue weighted by Gasteiger charge is -2.10. The van der Waals surface area contributed by atoms with Crippen LogP contribution >= 0.6 is 35.6 Å². The average molecular weight is 331 g/mol. The fourth-order valence-electron chi connectivity index (χ4n) is 1.65. The third kappa shape index (κ3) is 2.76. The van der Waals surface area contributed by atoms with E-state index in [2.05, 4.69) is 0 Å². The number of hydrogen-bond donors (Lipinski definition) is 1. The first kappa shape index (κ1) is 15.1. The highest BCUT2D eigenvalue weighted by Crippen LogP contribution is 2.38. The SMILES string of the molecule is COc1cc(/C=C2/SC(=S)N(N)C2=O)cc(Cl)c1OC. The standard InChI is InChI=1S/C12H11ClN2O3S2/c1-17-8-4-6(3-7(13)10(8)18-2)5-9-11(16)15(14)12(19)20-9/h3-5H,14H2,1-2H3/b9-5+. The molecule has 1 heterocycles. The van der Waals surface area contributed by atoms with E-state index in [4.69, 9.17) is 39.1 Å². The largest absolute Gasteiger partial charge is 0.493 e. The van der Waals surface area contributed by atoms with Gasteiger partial charge in [-0.2, -0.15) is 0 Å². The number of halogens is 1. The van der Waals surface area contributed by atoms with Crippen LogP contribution in [0.1, 0.15) is 5.56 Å². The van der Waals surface area contributed by atoms with E-state index in [1.807, 2.05) is 0 Å². The van der Waals surface area contributed by atoms with Crippen molar-refractivity contribution in [3.05, 3.63) is 27.6 Å². The molecule has 5 nitrogen and oxygen atoms in total. The van der Waals surface area contributed by atoms with Gasteiger partial charge in [0.05, 0.1) is 24.1 Å². The Labute approximate surface area is 130 Å². The van der Waals surface area contributed by atoms with Crippen molar-refractivity contribution in [1.82, 2.24) is 5.01 Å². The predicted octanol–water partition coefficient (Wildman–Crippen LogP) is 2.43. The molecule has 2 rings (SSSR count). The highest BCUT2D eigenvalue weighted by atomic mass is 35.5. The van der Waals surface area contributed by atoms with Crippen LogP contribution in [0.25, 0.3) is 6.08 Å². The van der Waals surface area contributed by atoms with Crippen LogP contribution in [-0.2, 0) is 4.79 Å². The van der Waals surface area contributed by atoms with E-state index in [9.17, 15) is 4.79 Å². The van der Waals surface area contributed by atoms with Crippen LogP contribution < -0.4 is 15.3 Å². The van der Waals surface area contributed by atoms with Crippen molar-refractivity contribution >= 4 is 51.9 Å². The maximum atomic E-state index is 11.8. The zero-order valence-corrected chi connectivity index (χ0v) is 13.1. The maximum Gasteiger partial charge on any atom is 0.280 e. The number of carbonyl (C=O) groups excluding carboxylic acids is 1. The molecular weight excluding hydrogens is 320 g/mol. The van der Waals surface area contributed by atoms with Gasteiger partial charge in [0.2, 0.25) is 0 Å². The number of thiocarbonyl (C=S) groups is 1. The van der Waals surface area contributed by atoms with Crippen LogP contribution in [-0.4, -0.2) is 29.5 Å². The Morgan fingerprint density at radius 2 is 2.10 bits per heavy atom. The number of methoxy groups -OCH3 is 2. The van der Waals surface area contributed by atoms with Crippen molar-refractivity contribution in [2.45, 2.75) is 0 Å². The van der Waals surface area contributed by atoms with Gasteiger partial charge >= 0.3 is 0 Å². The van der Waals surface area contributed by atoms with Gasteiger partial charge in [-0.25, -0.2) is 10.9 Å². The molecule has 0 aromatic heterocycles. The summed E-state index contributed by atoms with van der Waals surface area (Å²) in [6.45, 7) is 0. The molecule has 8 heteroatoms. The van der Waals surface area contributed by atoms with E-state index in [0.29, 0.717) is 31.3 Å². The lowest BCUT2D eigenvalue weighted by Crippen LogP contribution is -2.34. The Hall–Kier alpha value is -1.28. The number of amides is 1. The van der Waals surface area contributed by atoms with Crippen LogP contribution in [0.2, 0.25) is 5.02 Å². The molecule has 1 saturated heterocycles. The first-order chi connectivity index (χ1) is 9.47. The first-order valence-electron chi connectivity index (χ1n) is 5.42. The molecule has 0 radical (unpaired) electrons. The van der Waals surface area contributed by atoms with Gasteiger partial charge in [-0.15, -0.1) is 0 Å². The number of thioether (sulfide) groups is 1. The summed E-state index contributed by atoms with van der Waals surface area (Å²) < 4.78 is 10.7. The van der Waals surface area contributed by atoms with Crippen LogP contribution in [0, 0.1) is 0 Å². The predicted molar refractivity (Wildman–Crippen MR) is 83.8 cm³/mol. The summed E-state index contributed by atoms with van der Waals surface area (Å²) in [7, 11) is 3.01. The number of nitrogens with two attached hydrogens (primary N) is 1. The minimum atomic E-state index is -0.342. The number of hydrazine groups is 1. The van der Waals surface area contributed by atoms with Crippen molar-refractivity contribution in [1.29, 1.82) is 0 Å². The number of hydrogen-bond acceptors (Lipinski definition) is 6. The second kappa shape index (κ2) is 6.01. The molecule has 0 atom stereocenters.